The lowest BCUT2D eigenvalue weighted by Crippen LogP contribution is -2.24. The molecule has 6 heteroatoms. The SMILES string of the molecule is CCCCn1ncc(NCCC(C)SC)c(Cl)c1=O. The van der Waals surface area contributed by atoms with Crippen molar-refractivity contribution in [2.24, 2.45) is 0 Å². The van der Waals surface area contributed by atoms with Gasteiger partial charge in [-0.2, -0.15) is 16.9 Å². The fraction of sp³-hybridized carbons (Fsp3) is 0.692. The Balaban J connectivity index is 2.65. The van der Waals surface area contributed by atoms with Gasteiger partial charge >= 0.3 is 0 Å². The summed E-state index contributed by atoms with van der Waals surface area (Å²) in [7, 11) is 0. The third kappa shape index (κ3) is 5.07. The highest BCUT2D eigenvalue weighted by Gasteiger charge is 2.09. The maximum absolute atomic E-state index is 12.0. The number of hydrogen-bond donors (Lipinski definition) is 1. The van der Waals surface area contributed by atoms with Gasteiger partial charge in [-0.15, -0.1) is 0 Å². The van der Waals surface area contributed by atoms with Crippen LogP contribution in [0.3, 0.4) is 0 Å². The second-order valence-corrected chi connectivity index (χ2v) is 6.17. The molecule has 1 unspecified atom stereocenters. The molecule has 0 radical (unpaired) electrons. The van der Waals surface area contributed by atoms with E-state index in [0.29, 0.717) is 17.5 Å². The van der Waals surface area contributed by atoms with Gasteiger partial charge in [0.1, 0.15) is 5.02 Å². The largest absolute Gasteiger partial charge is 0.382 e. The van der Waals surface area contributed by atoms with E-state index >= 15 is 0 Å². The summed E-state index contributed by atoms with van der Waals surface area (Å²) in [6.45, 7) is 5.67. The standard InChI is InChI=1S/C13H22ClN3OS/c1-4-5-8-17-13(18)12(14)11(9-16-17)15-7-6-10(2)19-3/h9-10,15H,4-8H2,1-3H3. The summed E-state index contributed by atoms with van der Waals surface area (Å²) in [5.74, 6) is 0. The van der Waals surface area contributed by atoms with Crippen LogP contribution in [0, 0.1) is 0 Å². The number of aromatic nitrogens is 2. The van der Waals surface area contributed by atoms with Gasteiger partial charge in [0.25, 0.3) is 5.56 Å². The molecule has 19 heavy (non-hydrogen) atoms. The molecule has 1 aromatic rings. The minimum atomic E-state index is -0.210. The quantitative estimate of drug-likeness (QED) is 0.801. The third-order valence-electron chi connectivity index (χ3n) is 2.98. The van der Waals surface area contributed by atoms with Crippen LogP contribution < -0.4 is 10.9 Å². The highest BCUT2D eigenvalue weighted by atomic mass is 35.5. The predicted octanol–water partition coefficient (Wildman–Crippen LogP) is 3.25. The molecule has 1 rings (SSSR count). The number of rotatable bonds is 8. The molecule has 0 aromatic carbocycles. The number of halogens is 1. The van der Waals surface area contributed by atoms with Crippen LogP contribution in [0.5, 0.6) is 0 Å². The first kappa shape index (κ1) is 16.4. The number of thioether (sulfide) groups is 1. The van der Waals surface area contributed by atoms with Gasteiger partial charge in [-0.1, -0.05) is 31.9 Å². The summed E-state index contributed by atoms with van der Waals surface area (Å²) >= 11 is 7.91. The van der Waals surface area contributed by atoms with E-state index in [2.05, 4.69) is 30.5 Å². The van der Waals surface area contributed by atoms with E-state index in [9.17, 15) is 4.79 Å². The predicted molar refractivity (Wildman–Crippen MR) is 84.5 cm³/mol. The van der Waals surface area contributed by atoms with Gasteiger partial charge in [0, 0.05) is 18.3 Å². The van der Waals surface area contributed by atoms with Crippen LogP contribution in [0.2, 0.25) is 5.02 Å². The molecule has 0 saturated heterocycles. The Bertz CT molecular complexity index is 450. The van der Waals surface area contributed by atoms with Crippen molar-refractivity contribution in [2.75, 3.05) is 18.1 Å². The van der Waals surface area contributed by atoms with Gasteiger partial charge < -0.3 is 5.32 Å². The van der Waals surface area contributed by atoms with E-state index in [1.807, 2.05) is 11.8 Å². The van der Waals surface area contributed by atoms with Crippen molar-refractivity contribution in [2.45, 2.75) is 44.9 Å². The molecular weight excluding hydrogens is 282 g/mol. The number of aryl methyl sites for hydroxylation is 1. The number of nitrogens with one attached hydrogen (secondary N) is 1. The minimum absolute atomic E-state index is 0.210. The summed E-state index contributed by atoms with van der Waals surface area (Å²) in [5, 5.41) is 8.15. The molecule has 1 N–H and O–H groups in total. The van der Waals surface area contributed by atoms with E-state index in [1.165, 1.54) is 4.68 Å². The lowest BCUT2D eigenvalue weighted by molar-refractivity contribution is 0.543. The lowest BCUT2D eigenvalue weighted by Gasteiger charge is -2.12. The fourth-order valence-electron chi connectivity index (χ4n) is 1.58. The number of unbranched alkanes of at least 4 members (excludes halogenated alkanes) is 1. The zero-order valence-electron chi connectivity index (χ0n) is 11.8. The third-order valence-corrected chi connectivity index (χ3v) is 4.38. The van der Waals surface area contributed by atoms with Gasteiger partial charge in [0.15, 0.2) is 0 Å². The monoisotopic (exact) mass is 303 g/mol. The van der Waals surface area contributed by atoms with Crippen LogP contribution >= 0.6 is 23.4 Å². The van der Waals surface area contributed by atoms with Crippen LogP contribution in [0.15, 0.2) is 11.0 Å². The van der Waals surface area contributed by atoms with Crippen LogP contribution in [-0.4, -0.2) is 27.8 Å². The van der Waals surface area contributed by atoms with Crippen LogP contribution in [0.4, 0.5) is 5.69 Å². The lowest BCUT2D eigenvalue weighted by atomic mass is 10.3. The van der Waals surface area contributed by atoms with Crippen LogP contribution in [-0.2, 0) is 6.54 Å². The van der Waals surface area contributed by atoms with E-state index in [-0.39, 0.29) is 10.6 Å². The molecule has 1 heterocycles. The molecule has 0 bridgehead atoms. The Labute approximate surface area is 123 Å². The first-order chi connectivity index (χ1) is 9.10. The first-order valence-electron chi connectivity index (χ1n) is 6.62. The molecule has 1 atom stereocenters. The van der Waals surface area contributed by atoms with Gasteiger partial charge in [0.2, 0.25) is 0 Å². The summed E-state index contributed by atoms with van der Waals surface area (Å²) in [5.41, 5.74) is 0.422. The second-order valence-electron chi connectivity index (χ2n) is 4.52. The summed E-state index contributed by atoms with van der Waals surface area (Å²) < 4.78 is 1.43. The van der Waals surface area contributed by atoms with Crippen LogP contribution in [0.25, 0.3) is 0 Å². The Morgan fingerprint density at radius 1 is 1.58 bits per heavy atom. The molecule has 0 saturated carbocycles. The molecule has 0 aliphatic heterocycles. The molecule has 108 valence electrons. The number of anilines is 1. The topological polar surface area (TPSA) is 46.9 Å². The van der Waals surface area contributed by atoms with Crippen LogP contribution in [0.1, 0.15) is 33.1 Å². The van der Waals surface area contributed by atoms with Crippen molar-refractivity contribution in [1.29, 1.82) is 0 Å². The molecule has 0 amide bonds. The van der Waals surface area contributed by atoms with Crippen molar-refractivity contribution >= 4 is 29.1 Å². The van der Waals surface area contributed by atoms with Gasteiger partial charge in [-0.25, -0.2) is 4.68 Å². The first-order valence-corrected chi connectivity index (χ1v) is 8.29. The fourth-order valence-corrected chi connectivity index (χ4v) is 2.15. The highest BCUT2D eigenvalue weighted by Crippen LogP contribution is 2.16. The van der Waals surface area contributed by atoms with Crippen molar-refractivity contribution < 1.29 is 0 Å². The normalized spacial score (nSPS) is 12.4. The Morgan fingerprint density at radius 2 is 2.32 bits per heavy atom. The van der Waals surface area contributed by atoms with E-state index in [1.54, 1.807) is 6.20 Å². The molecule has 0 spiro atoms. The van der Waals surface area contributed by atoms with Crippen molar-refractivity contribution in [1.82, 2.24) is 9.78 Å². The Hall–Kier alpha value is -0.680. The average Bonchev–Trinajstić information content (AvgIpc) is 2.42. The zero-order valence-corrected chi connectivity index (χ0v) is 13.4. The molecular formula is C13H22ClN3OS. The number of hydrogen-bond acceptors (Lipinski definition) is 4. The average molecular weight is 304 g/mol. The molecule has 0 fully saturated rings. The van der Waals surface area contributed by atoms with Crippen molar-refractivity contribution in [3.63, 3.8) is 0 Å². The number of nitrogens with zero attached hydrogens (tertiary/aromatic N) is 2. The highest BCUT2D eigenvalue weighted by molar-refractivity contribution is 7.99. The smallest absolute Gasteiger partial charge is 0.287 e. The van der Waals surface area contributed by atoms with Gasteiger partial charge in [0.05, 0.1) is 11.9 Å². The summed E-state index contributed by atoms with van der Waals surface area (Å²) in [6.07, 6.45) is 6.72. The molecule has 0 aliphatic rings. The minimum Gasteiger partial charge on any atom is -0.382 e. The van der Waals surface area contributed by atoms with E-state index in [4.69, 9.17) is 11.6 Å². The Kier molecular flexibility index (Phi) is 7.31. The van der Waals surface area contributed by atoms with E-state index in [0.717, 1.165) is 25.8 Å². The molecule has 0 aliphatic carbocycles. The van der Waals surface area contributed by atoms with Crippen molar-refractivity contribution in [3.05, 3.63) is 21.6 Å². The zero-order chi connectivity index (χ0) is 14.3. The van der Waals surface area contributed by atoms with Gasteiger partial charge in [-0.3, -0.25) is 4.79 Å². The molecule has 4 nitrogen and oxygen atoms in total. The van der Waals surface area contributed by atoms with Gasteiger partial charge in [-0.05, 0) is 19.1 Å². The molecule has 1 aromatic heterocycles. The maximum Gasteiger partial charge on any atom is 0.287 e. The van der Waals surface area contributed by atoms with Crippen molar-refractivity contribution in [3.8, 4) is 0 Å². The summed E-state index contributed by atoms with van der Waals surface area (Å²) in [4.78, 5) is 12.0. The second kappa shape index (κ2) is 8.48. The maximum atomic E-state index is 12.0. The van der Waals surface area contributed by atoms with E-state index < -0.39 is 0 Å². The summed E-state index contributed by atoms with van der Waals surface area (Å²) in [6, 6.07) is 0. The Morgan fingerprint density at radius 3 is 2.95 bits per heavy atom.